The first-order valence-corrected chi connectivity index (χ1v) is 4.94. The van der Waals surface area contributed by atoms with Crippen molar-refractivity contribution in [1.29, 1.82) is 0 Å². The topological polar surface area (TPSA) is 49.7 Å². The molecule has 1 aromatic carbocycles. The molecule has 1 aliphatic rings. The molecule has 0 saturated heterocycles. The van der Waals surface area contributed by atoms with Crippen LogP contribution < -0.4 is 4.74 Å². The monoisotopic (exact) mass is 212 g/mol. The number of fused-ring (bicyclic) bond motifs is 1. The molecule has 0 amide bonds. The Hall–Kier alpha value is -1.13. The van der Waals surface area contributed by atoms with Gasteiger partial charge in [0.05, 0.1) is 6.61 Å². The van der Waals surface area contributed by atoms with E-state index in [1.54, 1.807) is 6.07 Å². The molecule has 0 bridgehead atoms. The predicted molar refractivity (Wildman–Crippen MR) is 52.2 cm³/mol. The maximum Gasteiger partial charge on any atom is 0.127 e. The highest BCUT2D eigenvalue weighted by atomic mass is 19.1. The number of rotatable bonds is 2. The second-order valence-corrected chi connectivity index (χ2v) is 3.70. The van der Waals surface area contributed by atoms with Gasteiger partial charge in [-0.2, -0.15) is 0 Å². The van der Waals surface area contributed by atoms with Crippen molar-refractivity contribution < 1.29 is 19.3 Å². The van der Waals surface area contributed by atoms with Crippen molar-refractivity contribution in [3.63, 3.8) is 0 Å². The Morgan fingerprint density at radius 3 is 3.07 bits per heavy atom. The number of aryl methyl sites for hydroxylation is 1. The van der Waals surface area contributed by atoms with Crippen LogP contribution in [0.3, 0.4) is 0 Å². The Labute approximate surface area is 87.1 Å². The van der Waals surface area contributed by atoms with Crippen LogP contribution in [0, 0.1) is 5.82 Å². The SMILES string of the molecule is OC[C@@H](O)[C@@H]1CCc2cc(F)ccc2O1. The number of halogens is 1. The van der Waals surface area contributed by atoms with Crippen LogP contribution in [0.2, 0.25) is 0 Å². The van der Waals surface area contributed by atoms with Gasteiger partial charge in [-0.1, -0.05) is 0 Å². The first-order valence-electron chi connectivity index (χ1n) is 4.94. The molecule has 1 heterocycles. The Kier molecular flexibility index (Phi) is 2.88. The molecule has 0 saturated carbocycles. The van der Waals surface area contributed by atoms with Gasteiger partial charge in [0.15, 0.2) is 0 Å². The molecule has 0 spiro atoms. The maximum atomic E-state index is 12.9. The van der Waals surface area contributed by atoms with Crippen molar-refractivity contribution in [2.75, 3.05) is 6.61 Å². The largest absolute Gasteiger partial charge is 0.487 e. The Morgan fingerprint density at radius 2 is 2.33 bits per heavy atom. The normalized spacial score (nSPS) is 21.7. The van der Waals surface area contributed by atoms with E-state index in [9.17, 15) is 9.50 Å². The number of aliphatic hydroxyl groups is 2. The Balaban J connectivity index is 2.16. The zero-order valence-corrected chi connectivity index (χ0v) is 8.19. The molecule has 0 fully saturated rings. The van der Waals surface area contributed by atoms with Crippen molar-refractivity contribution in [2.24, 2.45) is 0 Å². The number of benzene rings is 1. The lowest BCUT2D eigenvalue weighted by Gasteiger charge is -2.28. The molecule has 82 valence electrons. The fraction of sp³-hybridized carbons (Fsp3) is 0.455. The molecular formula is C11H13FO3. The lowest BCUT2D eigenvalue weighted by atomic mass is 9.99. The number of ether oxygens (including phenoxy) is 1. The van der Waals surface area contributed by atoms with E-state index in [0.717, 1.165) is 5.56 Å². The van der Waals surface area contributed by atoms with E-state index in [1.165, 1.54) is 12.1 Å². The fourth-order valence-corrected chi connectivity index (χ4v) is 1.77. The third kappa shape index (κ3) is 2.11. The zero-order valence-electron chi connectivity index (χ0n) is 8.19. The van der Waals surface area contributed by atoms with Gasteiger partial charge >= 0.3 is 0 Å². The molecule has 15 heavy (non-hydrogen) atoms. The minimum Gasteiger partial charge on any atom is -0.487 e. The van der Waals surface area contributed by atoms with Gasteiger partial charge in [0.1, 0.15) is 23.8 Å². The molecule has 2 N–H and O–H groups in total. The van der Waals surface area contributed by atoms with Gasteiger partial charge in [-0.05, 0) is 36.6 Å². The average molecular weight is 212 g/mol. The van der Waals surface area contributed by atoms with Crippen molar-refractivity contribution in [1.82, 2.24) is 0 Å². The molecule has 0 unspecified atom stereocenters. The van der Waals surface area contributed by atoms with E-state index in [1.807, 2.05) is 0 Å². The van der Waals surface area contributed by atoms with Gasteiger partial charge in [0.2, 0.25) is 0 Å². The van der Waals surface area contributed by atoms with Crippen LogP contribution in [-0.4, -0.2) is 29.0 Å². The summed E-state index contributed by atoms with van der Waals surface area (Å²) in [6.45, 7) is -0.318. The summed E-state index contributed by atoms with van der Waals surface area (Å²) < 4.78 is 18.3. The Morgan fingerprint density at radius 1 is 1.53 bits per heavy atom. The summed E-state index contributed by atoms with van der Waals surface area (Å²) in [6, 6.07) is 4.32. The highest BCUT2D eigenvalue weighted by molar-refractivity contribution is 5.35. The summed E-state index contributed by atoms with van der Waals surface area (Å²) in [5, 5.41) is 18.2. The summed E-state index contributed by atoms with van der Waals surface area (Å²) in [5.74, 6) is 0.318. The second kappa shape index (κ2) is 4.16. The highest BCUT2D eigenvalue weighted by Crippen LogP contribution is 2.29. The maximum absolute atomic E-state index is 12.9. The van der Waals surface area contributed by atoms with Crippen LogP contribution in [0.4, 0.5) is 4.39 Å². The molecule has 3 nitrogen and oxygen atoms in total. The van der Waals surface area contributed by atoms with Gasteiger partial charge in [-0.25, -0.2) is 4.39 Å². The third-order valence-corrected chi connectivity index (χ3v) is 2.62. The summed E-state index contributed by atoms with van der Waals surface area (Å²) in [5.41, 5.74) is 0.816. The van der Waals surface area contributed by atoms with E-state index in [-0.39, 0.29) is 12.4 Å². The fourth-order valence-electron chi connectivity index (χ4n) is 1.77. The number of aliphatic hydroxyl groups excluding tert-OH is 2. The summed E-state index contributed by atoms with van der Waals surface area (Å²) in [7, 11) is 0. The van der Waals surface area contributed by atoms with Gasteiger partial charge in [0, 0.05) is 0 Å². The van der Waals surface area contributed by atoms with Gasteiger partial charge < -0.3 is 14.9 Å². The molecule has 0 aromatic heterocycles. The molecule has 0 aliphatic carbocycles. The van der Waals surface area contributed by atoms with Crippen LogP contribution in [0.1, 0.15) is 12.0 Å². The van der Waals surface area contributed by atoms with E-state index >= 15 is 0 Å². The second-order valence-electron chi connectivity index (χ2n) is 3.70. The summed E-state index contributed by atoms with van der Waals surface area (Å²) in [6.07, 6.45) is -0.0105. The van der Waals surface area contributed by atoms with Crippen molar-refractivity contribution in [3.05, 3.63) is 29.6 Å². The molecule has 0 radical (unpaired) electrons. The average Bonchev–Trinajstić information content (AvgIpc) is 2.27. The van der Waals surface area contributed by atoms with Crippen molar-refractivity contribution in [2.45, 2.75) is 25.0 Å². The third-order valence-electron chi connectivity index (χ3n) is 2.62. The van der Waals surface area contributed by atoms with Crippen molar-refractivity contribution in [3.8, 4) is 5.75 Å². The first kappa shape index (κ1) is 10.4. The molecular weight excluding hydrogens is 199 g/mol. The highest BCUT2D eigenvalue weighted by Gasteiger charge is 2.25. The quantitative estimate of drug-likeness (QED) is 0.764. The van der Waals surface area contributed by atoms with Crippen LogP contribution >= 0.6 is 0 Å². The predicted octanol–water partition coefficient (Wildman–Crippen LogP) is 0.872. The molecule has 2 rings (SSSR count). The minimum absolute atomic E-state index is 0.279. The molecule has 4 heteroatoms. The first-order chi connectivity index (χ1) is 7.20. The molecule has 2 atom stereocenters. The van der Waals surface area contributed by atoms with Gasteiger partial charge in [-0.3, -0.25) is 0 Å². The van der Waals surface area contributed by atoms with E-state index in [0.29, 0.717) is 18.6 Å². The van der Waals surface area contributed by atoms with E-state index in [4.69, 9.17) is 9.84 Å². The van der Waals surface area contributed by atoms with Crippen molar-refractivity contribution >= 4 is 0 Å². The standard InChI is InChI=1S/C11H13FO3/c12-8-2-4-10-7(5-8)1-3-11(15-10)9(14)6-13/h2,4-5,9,11,13-14H,1,3,6H2/t9-,11+/m1/s1. The molecule has 1 aliphatic heterocycles. The van der Waals surface area contributed by atoms with Gasteiger partial charge in [-0.15, -0.1) is 0 Å². The van der Waals surface area contributed by atoms with Crippen LogP contribution in [-0.2, 0) is 6.42 Å². The van der Waals surface area contributed by atoms with Crippen LogP contribution in [0.15, 0.2) is 18.2 Å². The van der Waals surface area contributed by atoms with Gasteiger partial charge in [0.25, 0.3) is 0 Å². The lowest BCUT2D eigenvalue weighted by Crippen LogP contribution is -2.37. The number of hydrogen-bond acceptors (Lipinski definition) is 3. The minimum atomic E-state index is -0.872. The molecule has 1 aromatic rings. The van der Waals surface area contributed by atoms with E-state index < -0.39 is 12.2 Å². The summed E-state index contributed by atoms with van der Waals surface area (Å²) >= 11 is 0. The van der Waals surface area contributed by atoms with E-state index in [2.05, 4.69) is 0 Å². The van der Waals surface area contributed by atoms with Crippen LogP contribution in [0.25, 0.3) is 0 Å². The summed E-state index contributed by atoms with van der Waals surface area (Å²) in [4.78, 5) is 0. The zero-order chi connectivity index (χ0) is 10.8. The number of hydrogen-bond donors (Lipinski definition) is 2. The lowest BCUT2D eigenvalue weighted by molar-refractivity contribution is -0.00965. The van der Waals surface area contributed by atoms with Crippen LogP contribution in [0.5, 0.6) is 5.75 Å². The Bertz CT molecular complexity index is 354. The smallest absolute Gasteiger partial charge is 0.127 e.